The number of hydrogen-bond donors (Lipinski definition) is 1. The largest absolute Gasteiger partial charge is 0.497 e. The number of methoxy groups -OCH3 is 1. The van der Waals surface area contributed by atoms with Crippen molar-refractivity contribution in [2.75, 3.05) is 12.4 Å². The number of aromatic nitrogens is 2. The second-order valence-electron chi connectivity index (χ2n) is 4.82. The summed E-state index contributed by atoms with van der Waals surface area (Å²) in [6.45, 7) is 1.77. The van der Waals surface area contributed by atoms with Crippen LogP contribution in [-0.2, 0) is 0 Å². The predicted octanol–water partition coefficient (Wildman–Crippen LogP) is 3.20. The average molecular weight is 293 g/mol. The maximum absolute atomic E-state index is 12.5. The van der Waals surface area contributed by atoms with Crippen LogP contribution in [-0.4, -0.2) is 23.0 Å². The van der Waals surface area contributed by atoms with Crippen LogP contribution in [0.2, 0.25) is 0 Å². The monoisotopic (exact) mass is 293 g/mol. The minimum atomic E-state index is -0.269. The fourth-order valence-electron chi connectivity index (χ4n) is 2.26. The fraction of sp³-hybridized carbons (Fsp3) is 0.118. The van der Waals surface area contributed by atoms with E-state index in [2.05, 4.69) is 15.3 Å². The van der Waals surface area contributed by atoms with E-state index in [0.29, 0.717) is 23.0 Å². The van der Waals surface area contributed by atoms with Crippen molar-refractivity contribution in [2.24, 2.45) is 0 Å². The van der Waals surface area contributed by atoms with Gasteiger partial charge >= 0.3 is 0 Å². The Hall–Kier alpha value is -2.95. The quantitative estimate of drug-likeness (QED) is 0.805. The van der Waals surface area contributed by atoms with Crippen molar-refractivity contribution in [1.29, 1.82) is 0 Å². The van der Waals surface area contributed by atoms with Gasteiger partial charge in [0, 0.05) is 17.1 Å². The zero-order chi connectivity index (χ0) is 15.5. The van der Waals surface area contributed by atoms with Crippen LogP contribution in [0.15, 0.2) is 48.5 Å². The molecule has 3 aromatic rings. The highest BCUT2D eigenvalue weighted by molar-refractivity contribution is 6.10. The highest BCUT2D eigenvalue weighted by Crippen LogP contribution is 2.20. The lowest BCUT2D eigenvalue weighted by atomic mass is 10.1. The summed E-state index contributed by atoms with van der Waals surface area (Å²) < 4.78 is 5.15. The number of hydrogen-bond acceptors (Lipinski definition) is 4. The van der Waals surface area contributed by atoms with Crippen molar-refractivity contribution in [3.8, 4) is 5.75 Å². The van der Waals surface area contributed by atoms with Crippen LogP contribution in [0, 0.1) is 6.92 Å². The highest BCUT2D eigenvalue weighted by Gasteiger charge is 2.14. The number of anilines is 1. The van der Waals surface area contributed by atoms with Gasteiger partial charge in [0.05, 0.1) is 12.6 Å². The van der Waals surface area contributed by atoms with Crippen molar-refractivity contribution in [2.45, 2.75) is 6.92 Å². The van der Waals surface area contributed by atoms with Crippen LogP contribution in [0.5, 0.6) is 5.75 Å². The maximum Gasteiger partial charge on any atom is 0.275 e. The molecule has 0 saturated carbocycles. The molecular weight excluding hydrogens is 278 g/mol. The third-order valence-corrected chi connectivity index (χ3v) is 3.26. The lowest BCUT2D eigenvalue weighted by Gasteiger charge is -2.09. The van der Waals surface area contributed by atoms with Crippen LogP contribution in [0.1, 0.15) is 16.3 Å². The number of nitrogens with one attached hydrogen (secondary N) is 1. The average Bonchev–Trinajstić information content (AvgIpc) is 2.54. The first-order valence-electron chi connectivity index (χ1n) is 6.86. The molecule has 0 aliphatic carbocycles. The van der Waals surface area contributed by atoms with E-state index in [-0.39, 0.29) is 5.91 Å². The molecule has 0 radical (unpaired) electrons. The zero-order valence-corrected chi connectivity index (χ0v) is 12.3. The second-order valence-corrected chi connectivity index (χ2v) is 4.82. The molecule has 22 heavy (non-hydrogen) atoms. The molecule has 0 aliphatic rings. The minimum Gasteiger partial charge on any atom is -0.497 e. The van der Waals surface area contributed by atoms with Gasteiger partial charge in [-0.05, 0) is 25.1 Å². The molecule has 0 aliphatic heterocycles. The molecule has 1 amide bonds. The van der Waals surface area contributed by atoms with Crippen molar-refractivity contribution < 1.29 is 9.53 Å². The molecule has 0 atom stereocenters. The van der Waals surface area contributed by atoms with E-state index in [1.54, 1.807) is 26.2 Å². The summed E-state index contributed by atoms with van der Waals surface area (Å²) in [5.74, 6) is 0.978. The van der Waals surface area contributed by atoms with Crippen LogP contribution in [0.3, 0.4) is 0 Å². The molecule has 0 unspecified atom stereocenters. The van der Waals surface area contributed by atoms with Crippen LogP contribution >= 0.6 is 0 Å². The Bertz CT molecular complexity index is 846. The number of benzene rings is 2. The van der Waals surface area contributed by atoms with Crippen molar-refractivity contribution in [3.05, 3.63) is 60.0 Å². The molecule has 5 nitrogen and oxygen atoms in total. The molecule has 0 fully saturated rings. The van der Waals surface area contributed by atoms with Gasteiger partial charge in [-0.25, -0.2) is 9.97 Å². The van der Waals surface area contributed by atoms with Gasteiger partial charge in [0.15, 0.2) is 0 Å². The second kappa shape index (κ2) is 5.81. The summed E-state index contributed by atoms with van der Waals surface area (Å²) in [6.07, 6.45) is 0. The normalized spacial score (nSPS) is 10.5. The van der Waals surface area contributed by atoms with E-state index < -0.39 is 0 Å². The van der Waals surface area contributed by atoms with Crippen molar-refractivity contribution in [1.82, 2.24) is 9.97 Å². The zero-order valence-electron chi connectivity index (χ0n) is 12.3. The summed E-state index contributed by atoms with van der Waals surface area (Å²) in [7, 11) is 1.59. The molecule has 0 spiro atoms. The van der Waals surface area contributed by atoms with E-state index in [9.17, 15) is 4.79 Å². The standard InChI is InChI=1S/C17H15N3O2/c1-11-18-15-9-4-3-8-14(15)16(19-11)17(21)20-12-6-5-7-13(10-12)22-2/h3-10H,1-2H3,(H,20,21). The first kappa shape index (κ1) is 14.0. The first-order chi connectivity index (χ1) is 10.7. The lowest BCUT2D eigenvalue weighted by molar-refractivity contribution is 0.102. The number of carbonyl (C=O) groups is 1. The minimum absolute atomic E-state index is 0.269. The molecule has 3 rings (SSSR count). The van der Waals surface area contributed by atoms with Gasteiger partial charge in [-0.3, -0.25) is 4.79 Å². The number of fused-ring (bicyclic) bond motifs is 1. The molecule has 0 saturated heterocycles. The number of carbonyl (C=O) groups excluding carboxylic acids is 1. The molecule has 0 bridgehead atoms. The topological polar surface area (TPSA) is 64.1 Å². The number of amides is 1. The molecule has 1 aromatic heterocycles. The van der Waals surface area contributed by atoms with Gasteiger partial charge in [-0.2, -0.15) is 0 Å². The van der Waals surface area contributed by atoms with E-state index in [1.807, 2.05) is 36.4 Å². The number of nitrogens with zero attached hydrogens (tertiary/aromatic N) is 2. The SMILES string of the molecule is COc1cccc(NC(=O)c2nc(C)nc3ccccc23)c1. The van der Waals surface area contributed by atoms with Gasteiger partial charge in [-0.1, -0.05) is 24.3 Å². The van der Waals surface area contributed by atoms with Crippen LogP contribution < -0.4 is 10.1 Å². The number of aryl methyl sites for hydroxylation is 1. The maximum atomic E-state index is 12.5. The summed E-state index contributed by atoms with van der Waals surface area (Å²) in [6, 6.07) is 14.7. The van der Waals surface area contributed by atoms with Gasteiger partial charge in [0.2, 0.25) is 0 Å². The molecule has 110 valence electrons. The number of ether oxygens (including phenoxy) is 1. The first-order valence-corrected chi connectivity index (χ1v) is 6.86. The van der Waals surface area contributed by atoms with Crippen molar-refractivity contribution >= 4 is 22.5 Å². The van der Waals surface area contributed by atoms with Gasteiger partial charge in [0.1, 0.15) is 17.3 Å². The molecule has 2 aromatic carbocycles. The Morgan fingerprint density at radius 2 is 1.91 bits per heavy atom. The lowest BCUT2D eigenvalue weighted by Crippen LogP contribution is -2.15. The third kappa shape index (κ3) is 2.74. The number of para-hydroxylation sites is 1. The number of rotatable bonds is 3. The highest BCUT2D eigenvalue weighted by atomic mass is 16.5. The molecule has 5 heteroatoms. The fourth-order valence-corrected chi connectivity index (χ4v) is 2.26. The smallest absolute Gasteiger partial charge is 0.275 e. The summed E-state index contributed by atoms with van der Waals surface area (Å²) >= 11 is 0. The molecular formula is C17H15N3O2. The van der Waals surface area contributed by atoms with Gasteiger partial charge in [-0.15, -0.1) is 0 Å². The Labute approximate surface area is 128 Å². The van der Waals surface area contributed by atoms with Crippen molar-refractivity contribution in [3.63, 3.8) is 0 Å². The Kier molecular flexibility index (Phi) is 3.70. The van der Waals surface area contributed by atoms with E-state index in [1.165, 1.54) is 0 Å². The Morgan fingerprint density at radius 1 is 1.09 bits per heavy atom. The third-order valence-electron chi connectivity index (χ3n) is 3.26. The Balaban J connectivity index is 1.98. The molecule has 1 N–H and O–H groups in total. The van der Waals surface area contributed by atoms with Gasteiger partial charge in [0.25, 0.3) is 5.91 Å². The summed E-state index contributed by atoms with van der Waals surface area (Å²) in [5.41, 5.74) is 1.78. The van der Waals surface area contributed by atoms with E-state index in [0.717, 1.165) is 10.9 Å². The van der Waals surface area contributed by atoms with E-state index in [4.69, 9.17) is 4.74 Å². The van der Waals surface area contributed by atoms with Crippen LogP contribution in [0.25, 0.3) is 10.9 Å². The van der Waals surface area contributed by atoms with E-state index >= 15 is 0 Å². The molecule has 1 heterocycles. The van der Waals surface area contributed by atoms with Crippen LogP contribution in [0.4, 0.5) is 5.69 Å². The predicted molar refractivity (Wildman–Crippen MR) is 85.2 cm³/mol. The summed E-state index contributed by atoms with van der Waals surface area (Å²) in [5, 5.41) is 3.57. The Morgan fingerprint density at radius 3 is 2.73 bits per heavy atom. The van der Waals surface area contributed by atoms with Gasteiger partial charge < -0.3 is 10.1 Å². The summed E-state index contributed by atoms with van der Waals surface area (Å²) in [4.78, 5) is 21.2.